The molecule has 5 heterocycles. The van der Waals surface area contributed by atoms with Gasteiger partial charge in [-0.2, -0.15) is 0 Å². The summed E-state index contributed by atoms with van der Waals surface area (Å²) in [5, 5.41) is 13.3. The van der Waals surface area contributed by atoms with Crippen LogP contribution in [0, 0.1) is 5.92 Å². The molecule has 4 aliphatic rings. The Balaban J connectivity index is 1.39. The summed E-state index contributed by atoms with van der Waals surface area (Å²) in [4.78, 5) is 34.5. The van der Waals surface area contributed by atoms with Gasteiger partial charge in [0.05, 0.1) is 20.9 Å². The van der Waals surface area contributed by atoms with Gasteiger partial charge in [-0.3, -0.25) is 9.69 Å². The molecule has 2 aromatic heterocycles. The fourth-order valence-corrected chi connectivity index (χ4v) is 8.63. The van der Waals surface area contributed by atoms with Gasteiger partial charge in [-0.05, 0) is 61.2 Å². The lowest BCUT2D eigenvalue weighted by atomic mass is 9.74. The summed E-state index contributed by atoms with van der Waals surface area (Å²) in [6.45, 7) is 1.52. The lowest BCUT2D eigenvalue weighted by molar-refractivity contribution is -0.128. The van der Waals surface area contributed by atoms with E-state index in [2.05, 4.69) is 14.8 Å². The number of anilines is 1. The lowest BCUT2D eigenvalue weighted by Crippen LogP contribution is -2.53. The van der Waals surface area contributed by atoms with Crippen LogP contribution in [0.25, 0.3) is 11.0 Å². The number of aromatic carboxylic acids is 1. The number of benzene rings is 2. The Labute approximate surface area is 232 Å². The first-order chi connectivity index (χ1) is 18.4. The number of aromatic nitrogens is 2. The number of nitrogens with zero attached hydrogens (tertiary/aromatic N) is 3. The topological polar surface area (TPSA) is 87.5 Å². The molecule has 2 N–H and O–H groups in total. The first-order valence-corrected chi connectivity index (χ1v) is 14.3. The van der Waals surface area contributed by atoms with E-state index in [-0.39, 0.29) is 29.3 Å². The van der Waals surface area contributed by atoms with Crippen molar-refractivity contribution >= 4 is 63.1 Å². The third-order valence-corrected chi connectivity index (χ3v) is 10.4. The second-order valence-electron chi connectivity index (χ2n) is 10.8. The normalized spacial score (nSPS) is 27.6. The van der Waals surface area contributed by atoms with Crippen LogP contribution in [0.1, 0.15) is 51.3 Å². The third-order valence-electron chi connectivity index (χ3n) is 8.81. The Bertz CT molecular complexity index is 1690. The molecule has 1 amide bonds. The number of amides is 1. The Hall–Kier alpha value is -2.91. The highest BCUT2D eigenvalue weighted by Crippen LogP contribution is 2.65. The van der Waals surface area contributed by atoms with E-state index in [1.165, 1.54) is 24.2 Å². The number of likely N-dealkylation sites (tertiary alicyclic amines) is 1. The summed E-state index contributed by atoms with van der Waals surface area (Å²) in [6.07, 6.45) is 2.33. The second-order valence-corrected chi connectivity index (χ2v) is 13.0. The van der Waals surface area contributed by atoms with Crippen molar-refractivity contribution in [2.24, 2.45) is 5.92 Å². The minimum absolute atomic E-state index is 0.0323. The number of thiophene rings is 1. The number of fused-ring (bicyclic) bond motifs is 7. The maximum atomic E-state index is 14.3. The van der Waals surface area contributed by atoms with Gasteiger partial charge >= 0.3 is 5.97 Å². The van der Waals surface area contributed by atoms with Gasteiger partial charge in [0.2, 0.25) is 5.91 Å². The van der Waals surface area contributed by atoms with Crippen molar-refractivity contribution in [2.75, 3.05) is 11.9 Å². The first-order valence-electron chi connectivity index (χ1n) is 12.7. The number of halogens is 2. The van der Waals surface area contributed by atoms with Gasteiger partial charge in [0.1, 0.15) is 11.4 Å². The molecule has 192 valence electrons. The lowest BCUT2D eigenvalue weighted by Gasteiger charge is -2.40. The molecule has 1 aliphatic carbocycles. The molecule has 4 atom stereocenters. The predicted molar refractivity (Wildman–Crippen MR) is 146 cm³/mol. The van der Waals surface area contributed by atoms with Crippen molar-refractivity contribution in [2.45, 2.75) is 42.8 Å². The predicted octanol–water partition coefficient (Wildman–Crippen LogP) is 5.93. The number of rotatable bonds is 4. The van der Waals surface area contributed by atoms with Crippen LogP contribution < -0.4 is 5.32 Å². The van der Waals surface area contributed by atoms with Crippen LogP contribution in [-0.4, -0.2) is 44.0 Å². The van der Waals surface area contributed by atoms with E-state index in [9.17, 15) is 14.7 Å². The fraction of sp³-hybridized carbons (Fsp3) is 0.321. The van der Waals surface area contributed by atoms with Crippen LogP contribution in [-0.2, 0) is 16.9 Å². The SMILES string of the molecule is O=C(O)c1ccc2c(c1)nc1n2CC2[C@@H]1[C@H](c1ccc(Cl)s1)[C@]1(C(=O)Nc3cc(Cl)ccc31)N2CC1CC1. The van der Waals surface area contributed by atoms with Crippen LogP contribution in [0.2, 0.25) is 9.36 Å². The molecule has 0 radical (unpaired) electrons. The first kappa shape index (κ1) is 23.0. The van der Waals surface area contributed by atoms with Crippen LogP contribution in [0.5, 0.6) is 0 Å². The molecule has 1 unspecified atom stereocenters. The quantitative estimate of drug-likeness (QED) is 0.321. The highest BCUT2D eigenvalue weighted by atomic mass is 35.5. The fourth-order valence-electron chi connectivity index (χ4n) is 7.19. The van der Waals surface area contributed by atoms with E-state index in [1.807, 2.05) is 36.4 Å². The highest BCUT2D eigenvalue weighted by Gasteiger charge is 2.69. The van der Waals surface area contributed by atoms with Gasteiger partial charge in [-0.25, -0.2) is 9.78 Å². The van der Waals surface area contributed by atoms with E-state index >= 15 is 0 Å². The number of carbonyl (C=O) groups excluding carboxylic acids is 1. The van der Waals surface area contributed by atoms with Crippen molar-refractivity contribution in [3.05, 3.63) is 79.7 Å². The minimum Gasteiger partial charge on any atom is -0.478 e. The van der Waals surface area contributed by atoms with Crippen LogP contribution in [0.15, 0.2) is 48.5 Å². The molecule has 1 saturated carbocycles. The summed E-state index contributed by atoms with van der Waals surface area (Å²) >= 11 is 14.4. The van der Waals surface area contributed by atoms with Crippen molar-refractivity contribution in [3.63, 3.8) is 0 Å². The molecule has 0 bridgehead atoms. The molecule has 38 heavy (non-hydrogen) atoms. The van der Waals surface area contributed by atoms with Crippen LogP contribution >= 0.6 is 34.5 Å². The second kappa shape index (κ2) is 7.82. The Kier molecular flexibility index (Phi) is 4.74. The molecule has 2 fully saturated rings. The zero-order valence-electron chi connectivity index (χ0n) is 20.0. The average molecular weight is 565 g/mol. The smallest absolute Gasteiger partial charge is 0.335 e. The van der Waals surface area contributed by atoms with Gasteiger partial charge in [0.15, 0.2) is 0 Å². The van der Waals surface area contributed by atoms with E-state index in [0.717, 1.165) is 34.0 Å². The highest BCUT2D eigenvalue weighted by molar-refractivity contribution is 7.16. The molecule has 10 heteroatoms. The standard InChI is InChI=1S/C28H22Cl2N4O3S/c29-15-4-5-16-17(10-15)32-27(37)28(16)24(21-7-8-22(30)38-21)23-20(34(28)11-13-1-2-13)12-33-19-6-3-14(26(35)36)9-18(19)31-25(23)33/h3-10,13,20,23-24H,1-2,11-12H2,(H,32,37)(H,35,36)/t20?,23-,24+,28-/m1/s1. The number of hydrogen-bond acceptors (Lipinski definition) is 5. The van der Waals surface area contributed by atoms with Crippen molar-refractivity contribution in [1.82, 2.24) is 14.5 Å². The number of hydrogen-bond donors (Lipinski definition) is 2. The number of carboxylic acid groups (broad SMARTS) is 1. The van der Waals surface area contributed by atoms with Crippen LogP contribution in [0.3, 0.4) is 0 Å². The maximum absolute atomic E-state index is 14.3. The van der Waals surface area contributed by atoms with E-state index in [0.29, 0.717) is 27.3 Å². The third kappa shape index (κ3) is 2.97. The average Bonchev–Trinajstić information content (AvgIpc) is 3.14. The summed E-state index contributed by atoms with van der Waals surface area (Å²) in [5.41, 5.74) is 2.60. The van der Waals surface area contributed by atoms with Gasteiger partial charge in [-0.15, -0.1) is 11.3 Å². The Morgan fingerprint density at radius 3 is 2.74 bits per heavy atom. The van der Waals surface area contributed by atoms with Gasteiger partial charge < -0.3 is 15.0 Å². The van der Waals surface area contributed by atoms with Gasteiger partial charge in [0, 0.05) is 52.1 Å². The molecule has 1 saturated heterocycles. The molecule has 4 aromatic rings. The summed E-state index contributed by atoms with van der Waals surface area (Å²) < 4.78 is 2.90. The molecule has 8 rings (SSSR count). The summed E-state index contributed by atoms with van der Waals surface area (Å²) in [5.74, 6) is 0.160. The van der Waals surface area contributed by atoms with E-state index in [1.54, 1.807) is 12.1 Å². The van der Waals surface area contributed by atoms with Gasteiger partial charge in [-0.1, -0.05) is 29.3 Å². The Morgan fingerprint density at radius 2 is 2.00 bits per heavy atom. The molecule has 2 aromatic carbocycles. The number of nitrogens with one attached hydrogen (secondary N) is 1. The molecular formula is C28H22Cl2N4O3S. The largest absolute Gasteiger partial charge is 0.478 e. The Morgan fingerprint density at radius 1 is 1.16 bits per heavy atom. The van der Waals surface area contributed by atoms with Gasteiger partial charge in [0.25, 0.3) is 0 Å². The molecular weight excluding hydrogens is 543 g/mol. The molecule has 7 nitrogen and oxygen atoms in total. The summed E-state index contributed by atoms with van der Waals surface area (Å²) in [6, 6.07) is 14.8. The van der Waals surface area contributed by atoms with E-state index in [4.69, 9.17) is 28.2 Å². The van der Waals surface area contributed by atoms with Crippen LogP contribution in [0.4, 0.5) is 5.69 Å². The molecule has 1 spiro atoms. The number of imidazole rings is 1. The number of carboxylic acids is 1. The monoisotopic (exact) mass is 564 g/mol. The number of carbonyl (C=O) groups is 2. The summed E-state index contributed by atoms with van der Waals surface area (Å²) in [7, 11) is 0. The minimum atomic E-state index is -0.975. The zero-order chi connectivity index (χ0) is 25.9. The van der Waals surface area contributed by atoms with Crippen molar-refractivity contribution in [3.8, 4) is 0 Å². The zero-order valence-corrected chi connectivity index (χ0v) is 22.4. The van der Waals surface area contributed by atoms with Crippen molar-refractivity contribution < 1.29 is 14.7 Å². The maximum Gasteiger partial charge on any atom is 0.335 e. The molecule has 3 aliphatic heterocycles. The van der Waals surface area contributed by atoms with Crippen molar-refractivity contribution in [1.29, 1.82) is 0 Å². The van der Waals surface area contributed by atoms with E-state index < -0.39 is 11.5 Å².